The topological polar surface area (TPSA) is 63.1 Å². The molecular formula is C10H12IN5OS. The van der Waals surface area contributed by atoms with Crippen molar-refractivity contribution in [2.75, 3.05) is 26.0 Å². The van der Waals surface area contributed by atoms with E-state index in [0.717, 1.165) is 11.0 Å². The Morgan fingerprint density at radius 3 is 3.00 bits per heavy atom. The number of carbonyl (C=O) groups is 1. The average molecular weight is 377 g/mol. The predicted octanol–water partition coefficient (Wildman–Crippen LogP) is 1.78. The first-order valence-corrected chi connectivity index (χ1v) is 8.50. The van der Waals surface area contributed by atoms with Crippen LogP contribution in [0.2, 0.25) is 0 Å². The minimum atomic E-state index is 0.00413. The van der Waals surface area contributed by atoms with E-state index in [1.54, 1.807) is 14.1 Å². The molecule has 0 aliphatic heterocycles. The number of hydrogen-bond acceptors (Lipinski definition) is 5. The molecule has 0 spiro atoms. The van der Waals surface area contributed by atoms with Crippen LogP contribution in [0.15, 0.2) is 18.6 Å². The predicted molar refractivity (Wildman–Crippen MR) is 81.7 cm³/mol. The van der Waals surface area contributed by atoms with Gasteiger partial charge in [0.15, 0.2) is 5.65 Å². The summed E-state index contributed by atoms with van der Waals surface area (Å²) in [6.45, 7) is 0.224. The van der Waals surface area contributed by atoms with Gasteiger partial charge in [-0.1, -0.05) is 0 Å². The molecule has 0 fully saturated rings. The van der Waals surface area contributed by atoms with E-state index >= 15 is 0 Å². The Morgan fingerprint density at radius 2 is 2.33 bits per heavy atom. The molecule has 0 aromatic carbocycles. The fourth-order valence-corrected chi connectivity index (χ4v) is 2.71. The van der Waals surface area contributed by atoms with Gasteiger partial charge in [-0.25, -0.2) is 9.97 Å². The zero-order valence-corrected chi connectivity index (χ0v) is 12.9. The Kier molecular flexibility index (Phi) is 4.27. The highest BCUT2D eigenvalue weighted by molar-refractivity contribution is 14.2. The number of likely N-dealkylation sites (N-methyl/N-ethyl adjacent to an activating group) is 1. The third-order valence-corrected chi connectivity index (χ3v) is 4.14. The van der Waals surface area contributed by atoms with Gasteiger partial charge < -0.3 is 10.2 Å². The number of hydrogen-bond donors (Lipinski definition) is 1. The van der Waals surface area contributed by atoms with Gasteiger partial charge in [-0.2, -0.15) is 0 Å². The Morgan fingerprint density at radius 1 is 1.56 bits per heavy atom. The second-order valence-corrected chi connectivity index (χ2v) is 5.52. The summed E-state index contributed by atoms with van der Waals surface area (Å²) in [4.78, 5) is 21.5. The summed E-state index contributed by atoms with van der Waals surface area (Å²) in [6.07, 6.45) is 3.42. The molecule has 0 saturated heterocycles. The van der Waals surface area contributed by atoms with Gasteiger partial charge in [0, 0.05) is 50.6 Å². The molecule has 0 atom stereocenters. The smallest absolute Gasteiger partial charge is 0.241 e. The van der Waals surface area contributed by atoms with Gasteiger partial charge in [-0.3, -0.25) is 8.77 Å². The average Bonchev–Trinajstić information content (AvgIpc) is 2.79. The Hall–Kier alpha value is -1.03. The Labute approximate surface area is 121 Å². The van der Waals surface area contributed by atoms with Gasteiger partial charge in [0.05, 0.1) is 11.9 Å². The van der Waals surface area contributed by atoms with Crippen molar-refractivity contribution in [3.05, 3.63) is 18.6 Å². The lowest BCUT2D eigenvalue weighted by atomic mass is 10.3. The lowest BCUT2D eigenvalue weighted by Gasteiger charge is -2.11. The summed E-state index contributed by atoms with van der Waals surface area (Å²) in [5.41, 5.74) is 0.837. The number of anilines is 1. The second-order valence-electron chi connectivity index (χ2n) is 3.81. The highest BCUT2D eigenvalue weighted by atomic mass is 127. The number of nitrogens with zero attached hydrogens (tertiary/aromatic N) is 4. The minimum absolute atomic E-state index is 0.00413. The van der Waals surface area contributed by atoms with Gasteiger partial charge in [0.25, 0.3) is 0 Å². The van der Waals surface area contributed by atoms with Gasteiger partial charge in [0.1, 0.15) is 12.1 Å². The Bertz CT molecular complexity index is 570. The van der Waals surface area contributed by atoms with E-state index in [0.29, 0.717) is 5.82 Å². The molecule has 0 unspecified atom stereocenters. The van der Waals surface area contributed by atoms with Crippen molar-refractivity contribution in [3.8, 4) is 0 Å². The number of carbonyl (C=O) groups excluding carboxylic acids is 1. The zero-order chi connectivity index (χ0) is 13.1. The van der Waals surface area contributed by atoms with Crippen molar-refractivity contribution < 1.29 is 4.79 Å². The molecule has 0 aliphatic carbocycles. The van der Waals surface area contributed by atoms with Crippen molar-refractivity contribution in [2.24, 2.45) is 0 Å². The van der Waals surface area contributed by atoms with Crippen LogP contribution in [-0.2, 0) is 4.79 Å². The molecule has 1 amide bonds. The number of aromatic nitrogens is 3. The fraction of sp³-hybridized carbons (Fsp3) is 0.300. The molecule has 8 heteroatoms. The van der Waals surface area contributed by atoms with E-state index in [-0.39, 0.29) is 12.5 Å². The number of amides is 1. The van der Waals surface area contributed by atoms with Crippen LogP contribution in [0, 0.1) is 0 Å². The molecule has 2 aromatic heterocycles. The SMILES string of the molecule is CN(C)C(=O)CNc1ncnc2c1ccn2SI. The van der Waals surface area contributed by atoms with E-state index in [1.807, 2.05) is 16.2 Å². The summed E-state index contributed by atoms with van der Waals surface area (Å²) in [7, 11) is 4.99. The molecule has 2 rings (SSSR count). The maximum Gasteiger partial charge on any atom is 0.241 e. The first-order valence-electron chi connectivity index (χ1n) is 5.18. The molecule has 0 aliphatic rings. The van der Waals surface area contributed by atoms with Gasteiger partial charge in [-0.15, -0.1) is 0 Å². The van der Waals surface area contributed by atoms with E-state index in [4.69, 9.17) is 0 Å². The molecule has 0 radical (unpaired) electrons. The molecule has 18 heavy (non-hydrogen) atoms. The Balaban J connectivity index is 2.23. The summed E-state index contributed by atoms with van der Waals surface area (Å²) in [6, 6.07) is 1.93. The molecule has 0 bridgehead atoms. The van der Waals surface area contributed by atoms with E-state index in [9.17, 15) is 4.79 Å². The van der Waals surface area contributed by atoms with E-state index < -0.39 is 0 Å². The van der Waals surface area contributed by atoms with Crippen LogP contribution in [0.25, 0.3) is 11.0 Å². The first kappa shape index (κ1) is 13.4. The lowest BCUT2D eigenvalue weighted by Crippen LogP contribution is -2.28. The van der Waals surface area contributed by atoms with Crippen molar-refractivity contribution in [2.45, 2.75) is 0 Å². The highest BCUT2D eigenvalue weighted by Gasteiger charge is 2.10. The molecule has 1 N–H and O–H groups in total. The normalized spacial score (nSPS) is 10.6. The van der Waals surface area contributed by atoms with Crippen molar-refractivity contribution in [1.82, 2.24) is 18.8 Å². The number of halogens is 1. The largest absolute Gasteiger partial charge is 0.360 e. The van der Waals surface area contributed by atoms with Crippen LogP contribution in [-0.4, -0.2) is 45.4 Å². The van der Waals surface area contributed by atoms with Gasteiger partial charge in [0.2, 0.25) is 5.91 Å². The second kappa shape index (κ2) is 5.74. The molecule has 2 heterocycles. The monoisotopic (exact) mass is 377 g/mol. The molecule has 6 nitrogen and oxygen atoms in total. The fourth-order valence-electron chi connectivity index (χ4n) is 1.44. The van der Waals surface area contributed by atoms with Crippen molar-refractivity contribution >= 4 is 53.1 Å². The van der Waals surface area contributed by atoms with Crippen LogP contribution in [0.5, 0.6) is 0 Å². The summed E-state index contributed by atoms with van der Waals surface area (Å²) >= 11 is 2.19. The molecule has 96 valence electrons. The third kappa shape index (κ3) is 2.69. The summed E-state index contributed by atoms with van der Waals surface area (Å²) in [5.74, 6) is 0.684. The van der Waals surface area contributed by atoms with Crippen LogP contribution in [0.4, 0.5) is 5.82 Å². The van der Waals surface area contributed by atoms with Crippen LogP contribution in [0.1, 0.15) is 0 Å². The number of nitrogens with one attached hydrogen (secondary N) is 1. The third-order valence-electron chi connectivity index (χ3n) is 2.43. The summed E-state index contributed by atoms with van der Waals surface area (Å²) in [5, 5.41) is 3.95. The van der Waals surface area contributed by atoms with Crippen LogP contribution in [0.3, 0.4) is 0 Å². The number of fused-ring (bicyclic) bond motifs is 1. The quantitative estimate of drug-likeness (QED) is 0.824. The van der Waals surface area contributed by atoms with E-state index in [1.165, 1.54) is 20.3 Å². The summed E-state index contributed by atoms with van der Waals surface area (Å²) < 4.78 is 1.94. The van der Waals surface area contributed by atoms with Crippen LogP contribution >= 0.6 is 30.3 Å². The minimum Gasteiger partial charge on any atom is -0.360 e. The molecular weight excluding hydrogens is 365 g/mol. The van der Waals surface area contributed by atoms with Crippen LogP contribution < -0.4 is 5.32 Å². The highest BCUT2D eigenvalue weighted by Crippen LogP contribution is 2.26. The van der Waals surface area contributed by atoms with Crippen molar-refractivity contribution in [1.29, 1.82) is 0 Å². The standard InChI is InChI=1S/C10H12IN5OS/c1-15(2)8(17)5-12-9-7-3-4-16(18-11)10(7)14-6-13-9/h3-4,6H,5H2,1-2H3,(H,12,13,14). The zero-order valence-electron chi connectivity index (χ0n) is 9.92. The maximum absolute atomic E-state index is 11.5. The lowest BCUT2D eigenvalue weighted by molar-refractivity contribution is -0.126. The maximum atomic E-state index is 11.5. The first-order chi connectivity index (χ1) is 8.63. The van der Waals surface area contributed by atoms with Gasteiger partial charge >= 0.3 is 0 Å². The number of rotatable bonds is 4. The molecule has 0 saturated carbocycles. The van der Waals surface area contributed by atoms with Gasteiger partial charge in [-0.05, 0) is 6.07 Å². The van der Waals surface area contributed by atoms with E-state index in [2.05, 4.69) is 36.5 Å². The molecule has 2 aromatic rings. The van der Waals surface area contributed by atoms with Crippen molar-refractivity contribution in [3.63, 3.8) is 0 Å².